The Bertz CT molecular complexity index is 1280. The average Bonchev–Trinajstić information content (AvgIpc) is 3.27. The standard InChI is InChI=1S/C21H15NO2S2/c1-22-20(13-17(23)18-7-4-10-25-18)26-19(21(22)24)12-14-8-9-15-5-2-3-6-16(15)11-14/h2-13H,1H3/b19-12+,20-13-. The maximum atomic E-state index is 12.5. The maximum Gasteiger partial charge on any atom is 0.268 e. The van der Waals surface area contributed by atoms with Gasteiger partial charge >= 0.3 is 0 Å². The molecule has 4 rings (SSSR count). The molecule has 0 radical (unpaired) electrons. The summed E-state index contributed by atoms with van der Waals surface area (Å²) >= 11 is 2.73. The molecule has 0 amide bonds. The Morgan fingerprint density at radius 2 is 1.85 bits per heavy atom. The highest BCUT2D eigenvalue weighted by Crippen LogP contribution is 2.15. The number of nitrogens with zero attached hydrogens (tertiary/aromatic N) is 1. The van der Waals surface area contributed by atoms with Crippen LogP contribution >= 0.6 is 22.7 Å². The average molecular weight is 377 g/mol. The fourth-order valence-electron chi connectivity index (χ4n) is 2.76. The number of thiophene rings is 1. The van der Waals surface area contributed by atoms with Crippen molar-refractivity contribution in [3.8, 4) is 0 Å². The lowest BCUT2D eigenvalue weighted by Gasteiger charge is -1.98. The Hall–Kier alpha value is -2.76. The molecule has 2 heterocycles. The SMILES string of the molecule is Cn1c(=O)/c(=C\c2ccc3ccccc3c2)s/c1=C\C(=O)c1cccs1. The topological polar surface area (TPSA) is 39.1 Å². The van der Waals surface area contributed by atoms with Crippen LogP contribution in [0.2, 0.25) is 0 Å². The Kier molecular flexibility index (Phi) is 4.41. The number of Topliss-reactive ketones (excluding diaryl/α,β-unsaturated/α-hetero) is 1. The molecule has 5 heteroatoms. The molecule has 3 nitrogen and oxygen atoms in total. The first-order valence-electron chi connectivity index (χ1n) is 8.08. The van der Waals surface area contributed by atoms with Gasteiger partial charge in [-0.3, -0.25) is 9.59 Å². The van der Waals surface area contributed by atoms with Gasteiger partial charge in [0.25, 0.3) is 5.56 Å². The number of hydrogen-bond donors (Lipinski definition) is 0. The van der Waals surface area contributed by atoms with Crippen LogP contribution in [-0.2, 0) is 7.05 Å². The quantitative estimate of drug-likeness (QED) is 0.515. The predicted octanol–water partition coefficient (Wildman–Crippen LogP) is 3.15. The van der Waals surface area contributed by atoms with Gasteiger partial charge in [-0.1, -0.05) is 42.5 Å². The summed E-state index contributed by atoms with van der Waals surface area (Å²) in [5, 5.41) is 4.17. The van der Waals surface area contributed by atoms with Gasteiger partial charge in [-0.2, -0.15) is 0 Å². The van der Waals surface area contributed by atoms with Crippen molar-refractivity contribution in [1.82, 2.24) is 4.57 Å². The molecule has 26 heavy (non-hydrogen) atoms. The van der Waals surface area contributed by atoms with E-state index >= 15 is 0 Å². The van der Waals surface area contributed by atoms with Crippen LogP contribution in [0.15, 0.2) is 64.8 Å². The Morgan fingerprint density at radius 3 is 2.62 bits per heavy atom. The number of thiazole rings is 1. The molecule has 0 unspecified atom stereocenters. The molecule has 0 bridgehead atoms. The molecule has 4 aromatic rings. The number of carbonyl (C=O) groups excluding carboxylic acids is 1. The van der Waals surface area contributed by atoms with Crippen LogP contribution in [-0.4, -0.2) is 10.4 Å². The molecule has 0 N–H and O–H groups in total. The third-order valence-corrected chi connectivity index (χ3v) is 6.15. The lowest BCUT2D eigenvalue weighted by Crippen LogP contribution is -2.29. The van der Waals surface area contributed by atoms with E-state index in [-0.39, 0.29) is 11.3 Å². The number of hydrogen-bond acceptors (Lipinski definition) is 4. The van der Waals surface area contributed by atoms with E-state index in [0.717, 1.165) is 10.9 Å². The minimum atomic E-state index is -0.0895. The van der Waals surface area contributed by atoms with Crippen molar-refractivity contribution in [2.45, 2.75) is 0 Å². The van der Waals surface area contributed by atoms with Crippen LogP contribution in [0.4, 0.5) is 0 Å². The molecule has 2 aromatic carbocycles. The van der Waals surface area contributed by atoms with Crippen LogP contribution in [0.1, 0.15) is 15.2 Å². The zero-order chi connectivity index (χ0) is 18.1. The number of rotatable bonds is 3. The van der Waals surface area contributed by atoms with Crippen LogP contribution in [0, 0.1) is 0 Å². The number of benzene rings is 2. The molecule has 0 saturated carbocycles. The van der Waals surface area contributed by atoms with E-state index in [4.69, 9.17) is 0 Å². The first kappa shape index (κ1) is 16.7. The zero-order valence-electron chi connectivity index (χ0n) is 14.0. The molecule has 0 atom stereocenters. The summed E-state index contributed by atoms with van der Waals surface area (Å²) in [5.74, 6) is -0.0749. The fraction of sp³-hybridized carbons (Fsp3) is 0.0476. The second kappa shape index (κ2) is 6.86. The van der Waals surface area contributed by atoms with Gasteiger partial charge in [0, 0.05) is 13.1 Å². The molecule has 0 fully saturated rings. The number of aromatic nitrogens is 1. The van der Waals surface area contributed by atoms with Gasteiger partial charge in [-0.05, 0) is 39.9 Å². The highest BCUT2D eigenvalue weighted by molar-refractivity contribution is 7.12. The van der Waals surface area contributed by atoms with Crippen LogP contribution < -0.4 is 14.8 Å². The molecule has 0 aliphatic heterocycles. The van der Waals surface area contributed by atoms with Crippen LogP contribution in [0.25, 0.3) is 22.9 Å². The van der Waals surface area contributed by atoms with E-state index in [0.29, 0.717) is 14.1 Å². The van der Waals surface area contributed by atoms with Crippen molar-refractivity contribution in [1.29, 1.82) is 0 Å². The molecular formula is C21H15NO2S2. The number of ketones is 1. The largest absolute Gasteiger partial charge is 0.302 e. The molecule has 0 saturated heterocycles. The summed E-state index contributed by atoms with van der Waals surface area (Å²) in [4.78, 5) is 25.5. The summed E-state index contributed by atoms with van der Waals surface area (Å²) in [6, 6.07) is 17.9. The van der Waals surface area contributed by atoms with Gasteiger partial charge in [-0.25, -0.2) is 0 Å². The molecular weight excluding hydrogens is 362 g/mol. The van der Waals surface area contributed by atoms with E-state index in [1.807, 2.05) is 41.8 Å². The van der Waals surface area contributed by atoms with E-state index in [2.05, 4.69) is 18.2 Å². The smallest absolute Gasteiger partial charge is 0.268 e. The van der Waals surface area contributed by atoms with Gasteiger partial charge in [0.2, 0.25) is 0 Å². The second-order valence-electron chi connectivity index (χ2n) is 5.91. The zero-order valence-corrected chi connectivity index (χ0v) is 15.6. The highest BCUT2D eigenvalue weighted by atomic mass is 32.1. The van der Waals surface area contributed by atoms with E-state index in [1.165, 1.54) is 38.7 Å². The predicted molar refractivity (Wildman–Crippen MR) is 109 cm³/mol. The summed E-state index contributed by atoms with van der Waals surface area (Å²) in [5.41, 5.74) is 0.882. The lowest BCUT2D eigenvalue weighted by molar-refractivity contribution is 0.106. The Balaban J connectivity index is 1.81. The lowest BCUT2D eigenvalue weighted by atomic mass is 10.1. The highest BCUT2D eigenvalue weighted by Gasteiger charge is 2.06. The summed E-state index contributed by atoms with van der Waals surface area (Å²) in [7, 11) is 1.70. The van der Waals surface area contributed by atoms with Crippen LogP contribution in [0.3, 0.4) is 0 Å². The third-order valence-electron chi connectivity index (χ3n) is 4.15. The monoisotopic (exact) mass is 377 g/mol. The summed E-state index contributed by atoms with van der Waals surface area (Å²) in [6.07, 6.45) is 3.42. The van der Waals surface area contributed by atoms with Crippen LogP contribution in [0.5, 0.6) is 0 Å². The first-order valence-corrected chi connectivity index (χ1v) is 9.77. The van der Waals surface area contributed by atoms with Crippen molar-refractivity contribution < 1.29 is 4.79 Å². The molecule has 0 aliphatic carbocycles. The van der Waals surface area contributed by atoms with Crippen molar-refractivity contribution in [3.05, 3.63) is 90.0 Å². The molecule has 0 spiro atoms. The summed E-state index contributed by atoms with van der Waals surface area (Å²) in [6.45, 7) is 0. The van der Waals surface area contributed by atoms with E-state index < -0.39 is 0 Å². The van der Waals surface area contributed by atoms with Gasteiger partial charge in [0.15, 0.2) is 5.78 Å². The minimum Gasteiger partial charge on any atom is -0.302 e. The van der Waals surface area contributed by atoms with Gasteiger partial charge < -0.3 is 4.57 Å². The molecule has 2 aromatic heterocycles. The van der Waals surface area contributed by atoms with Gasteiger partial charge in [0.1, 0.15) is 4.66 Å². The van der Waals surface area contributed by atoms with E-state index in [1.54, 1.807) is 13.1 Å². The Labute approximate surface area is 157 Å². The molecule has 0 aliphatic rings. The second-order valence-corrected chi connectivity index (χ2v) is 7.92. The number of fused-ring (bicyclic) bond motifs is 1. The van der Waals surface area contributed by atoms with Crippen molar-refractivity contribution in [3.63, 3.8) is 0 Å². The Morgan fingerprint density at radius 1 is 1.04 bits per heavy atom. The van der Waals surface area contributed by atoms with Gasteiger partial charge in [0.05, 0.1) is 9.41 Å². The third kappa shape index (κ3) is 3.19. The first-order chi connectivity index (χ1) is 12.6. The van der Waals surface area contributed by atoms with Gasteiger partial charge in [-0.15, -0.1) is 22.7 Å². The fourth-order valence-corrected chi connectivity index (χ4v) is 4.42. The van der Waals surface area contributed by atoms with E-state index in [9.17, 15) is 9.59 Å². The van der Waals surface area contributed by atoms with Crippen molar-refractivity contribution in [2.75, 3.05) is 0 Å². The maximum absolute atomic E-state index is 12.5. The van der Waals surface area contributed by atoms with Crippen molar-refractivity contribution >= 4 is 51.4 Å². The molecule has 128 valence electrons. The normalized spacial score (nSPS) is 12.8. The summed E-state index contributed by atoms with van der Waals surface area (Å²) < 4.78 is 2.80. The number of carbonyl (C=O) groups is 1. The minimum absolute atomic E-state index is 0.0749. The van der Waals surface area contributed by atoms with Crippen molar-refractivity contribution in [2.24, 2.45) is 7.05 Å².